The Balaban J connectivity index is 0.000000783. The molecule has 0 bridgehead atoms. The molecular formula is C29H38LiNO6S2. The fourth-order valence-electron chi connectivity index (χ4n) is 3.79. The molecule has 0 radical (unpaired) electrons. The zero-order valence-corrected chi connectivity index (χ0v) is 25.9. The van der Waals surface area contributed by atoms with E-state index in [1.165, 1.54) is 44.5 Å². The van der Waals surface area contributed by atoms with E-state index in [4.69, 9.17) is 10.2 Å². The van der Waals surface area contributed by atoms with E-state index in [0.717, 1.165) is 4.88 Å². The van der Waals surface area contributed by atoms with Gasteiger partial charge < -0.3 is 15.7 Å². The predicted octanol–water partition coefficient (Wildman–Crippen LogP) is 5.03. The zero-order chi connectivity index (χ0) is 28.0. The third kappa shape index (κ3) is 10.0. The summed E-state index contributed by atoms with van der Waals surface area (Å²) in [4.78, 5) is 41.9. The molecule has 3 rings (SSSR count). The maximum absolute atomic E-state index is 12.5. The van der Waals surface area contributed by atoms with Crippen molar-refractivity contribution in [2.24, 2.45) is 0 Å². The van der Waals surface area contributed by atoms with E-state index in [1.54, 1.807) is 17.4 Å². The first-order valence-electron chi connectivity index (χ1n) is 12.4. The smallest absolute Gasteiger partial charge is 0.870 e. The third-order valence-electron chi connectivity index (χ3n) is 5.77. The number of rotatable bonds is 9. The molecule has 0 amide bonds. The van der Waals surface area contributed by atoms with Gasteiger partial charge in [-0.25, -0.2) is 9.59 Å². The molecular weight excluding hydrogens is 529 g/mol. The number of carbonyl (C=O) groups is 3. The molecule has 208 valence electrons. The van der Waals surface area contributed by atoms with Gasteiger partial charge in [-0.05, 0) is 59.1 Å². The molecule has 0 spiro atoms. The molecule has 3 aromatic rings. The van der Waals surface area contributed by atoms with Crippen molar-refractivity contribution in [3.05, 3.63) is 72.4 Å². The quantitative estimate of drug-likeness (QED) is 0.273. The van der Waals surface area contributed by atoms with Crippen LogP contribution in [0.25, 0.3) is 0 Å². The number of hydrogen-bond donors (Lipinski definition) is 2. The van der Waals surface area contributed by atoms with Crippen LogP contribution in [0, 0.1) is 0 Å². The molecule has 0 aliphatic rings. The monoisotopic (exact) mass is 567 g/mol. The van der Waals surface area contributed by atoms with Gasteiger partial charge in [-0.1, -0.05) is 55.4 Å². The normalized spacial score (nSPS) is 10.7. The summed E-state index contributed by atoms with van der Waals surface area (Å²) < 4.78 is 0. The van der Waals surface area contributed by atoms with Crippen molar-refractivity contribution < 1.29 is 48.9 Å². The standard InChI is InChI=1S/C18H21NO3S.C11H16O2S.Li.H2O/c1-10(2)14-8-16(23-17(14)11(3)4)15(20)7-13-6-5-12(9-19-13)18(21)22;1-6(2)8-5-9(11(12)13)14-10(8)7(3)4;;/h5-6,8-11H,7H2,1-4H3,(H,21,22);5-7H,1-4H3,(H,12,13);;1H2/q;;+1;/p-1. The second-order valence-corrected chi connectivity index (χ2v) is 12.4. The van der Waals surface area contributed by atoms with Gasteiger partial charge in [0, 0.05) is 21.6 Å². The minimum atomic E-state index is -1.02. The average molecular weight is 568 g/mol. The maximum Gasteiger partial charge on any atom is 1.00 e. The number of Topliss-reactive ketones (excluding diaryl/α,β-unsaturated/α-hetero) is 1. The van der Waals surface area contributed by atoms with Crippen LogP contribution in [-0.2, 0) is 6.42 Å². The van der Waals surface area contributed by atoms with Crippen LogP contribution < -0.4 is 18.9 Å². The van der Waals surface area contributed by atoms with Gasteiger partial charge in [0.25, 0.3) is 0 Å². The van der Waals surface area contributed by atoms with Crippen molar-refractivity contribution in [1.82, 2.24) is 4.98 Å². The molecule has 0 unspecified atom stereocenters. The molecule has 0 saturated heterocycles. The van der Waals surface area contributed by atoms with Gasteiger partial charge in [-0.2, -0.15) is 0 Å². The van der Waals surface area contributed by atoms with Crippen LogP contribution in [0.3, 0.4) is 0 Å². The minimum Gasteiger partial charge on any atom is -0.870 e. The Bertz CT molecular complexity index is 1190. The fraction of sp³-hybridized carbons (Fsp3) is 0.448. The summed E-state index contributed by atoms with van der Waals surface area (Å²) >= 11 is 2.96. The number of ketones is 1. The van der Waals surface area contributed by atoms with Gasteiger partial charge in [0.05, 0.1) is 16.9 Å². The van der Waals surface area contributed by atoms with E-state index >= 15 is 0 Å². The van der Waals surface area contributed by atoms with E-state index in [0.29, 0.717) is 34.2 Å². The van der Waals surface area contributed by atoms with Crippen LogP contribution in [0.5, 0.6) is 0 Å². The first-order chi connectivity index (χ1) is 17.2. The van der Waals surface area contributed by atoms with Crippen LogP contribution >= 0.6 is 22.7 Å². The molecule has 3 aromatic heterocycles. The van der Waals surface area contributed by atoms with E-state index in [2.05, 4.69) is 60.4 Å². The first kappa shape index (κ1) is 36.7. The first-order valence-corrected chi connectivity index (χ1v) is 14.1. The molecule has 0 aliphatic carbocycles. The molecule has 0 aromatic carbocycles. The number of aromatic carboxylic acids is 2. The van der Waals surface area contributed by atoms with E-state index in [9.17, 15) is 14.4 Å². The molecule has 3 N–H and O–H groups in total. The third-order valence-corrected chi connectivity index (χ3v) is 8.71. The summed E-state index contributed by atoms with van der Waals surface area (Å²) in [6.45, 7) is 16.9. The number of carboxylic acids is 2. The fourth-order valence-corrected chi connectivity index (χ4v) is 6.21. The van der Waals surface area contributed by atoms with Crippen molar-refractivity contribution in [1.29, 1.82) is 0 Å². The van der Waals surface area contributed by atoms with Crippen LogP contribution in [0.4, 0.5) is 0 Å². The zero-order valence-electron chi connectivity index (χ0n) is 24.2. The number of hydrogen-bond acceptors (Lipinski definition) is 7. The SMILES string of the molecule is CC(C)c1cc(C(=O)Cc2ccc(C(=O)O)cn2)sc1C(C)C.CC(C)c1cc(C(=O)O)sc1C(C)C.[Li+].[OH-]. The molecule has 0 fully saturated rings. The summed E-state index contributed by atoms with van der Waals surface area (Å²) in [6, 6.07) is 6.89. The number of carboxylic acid groups (broad SMARTS) is 2. The Labute approximate surface area is 251 Å². The van der Waals surface area contributed by atoms with Crippen molar-refractivity contribution >= 4 is 40.4 Å². The van der Waals surface area contributed by atoms with E-state index in [-0.39, 0.29) is 42.1 Å². The van der Waals surface area contributed by atoms with Gasteiger partial charge in [0.15, 0.2) is 5.78 Å². The Hall–Kier alpha value is -2.28. The number of thiophene rings is 2. The summed E-state index contributed by atoms with van der Waals surface area (Å²) in [5, 5.41) is 17.8. The van der Waals surface area contributed by atoms with Gasteiger partial charge in [-0.15, -0.1) is 22.7 Å². The Morgan fingerprint density at radius 1 is 0.744 bits per heavy atom. The molecule has 10 heteroatoms. The largest absolute Gasteiger partial charge is 1.00 e. The molecule has 0 atom stereocenters. The Kier molecular flexibility index (Phi) is 15.2. The van der Waals surface area contributed by atoms with Crippen molar-refractivity contribution in [2.45, 2.75) is 85.5 Å². The number of aromatic nitrogens is 1. The topological polar surface area (TPSA) is 135 Å². The van der Waals surface area contributed by atoms with Gasteiger partial charge in [0.2, 0.25) is 0 Å². The number of pyridine rings is 1. The predicted molar refractivity (Wildman–Crippen MR) is 153 cm³/mol. The molecule has 3 heterocycles. The van der Waals surface area contributed by atoms with E-state index in [1.807, 2.05) is 12.1 Å². The molecule has 39 heavy (non-hydrogen) atoms. The van der Waals surface area contributed by atoms with Crippen LogP contribution in [-0.4, -0.2) is 38.4 Å². The van der Waals surface area contributed by atoms with Crippen molar-refractivity contribution in [2.75, 3.05) is 0 Å². The summed E-state index contributed by atoms with van der Waals surface area (Å²) in [7, 11) is 0. The summed E-state index contributed by atoms with van der Waals surface area (Å²) in [5.41, 5.74) is 3.14. The van der Waals surface area contributed by atoms with Crippen LogP contribution in [0.1, 0.15) is 135 Å². The molecule has 0 aliphatic heterocycles. The van der Waals surface area contributed by atoms with Crippen LogP contribution in [0.2, 0.25) is 0 Å². The number of nitrogens with zero attached hydrogens (tertiary/aromatic N) is 1. The van der Waals surface area contributed by atoms with Crippen molar-refractivity contribution in [3.63, 3.8) is 0 Å². The maximum atomic E-state index is 12.5. The van der Waals surface area contributed by atoms with Gasteiger partial charge in [0.1, 0.15) is 4.88 Å². The number of carbonyl (C=O) groups excluding carboxylic acids is 1. The van der Waals surface area contributed by atoms with Gasteiger partial charge >= 0.3 is 30.8 Å². The second kappa shape index (κ2) is 16.1. The molecule has 0 saturated carbocycles. The minimum absolute atomic E-state index is 0. The molecule has 7 nitrogen and oxygen atoms in total. The second-order valence-electron chi connectivity index (χ2n) is 10.2. The summed E-state index contributed by atoms with van der Waals surface area (Å²) in [5.74, 6) is -0.215. The van der Waals surface area contributed by atoms with Gasteiger partial charge in [-0.3, -0.25) is 9.78 Å². The summed E-state index contributed by atoms with van der Waals surface area (Å²) in [6.07, 6.45) is 1.48. The Morgan fingerprint density at radius 3 is 1.54 bits per heavy atom. The van der Waals surface area contributed by atoms with Crippen molar-refractivity contribution in [3.8, 4) is 0 Å². The average Bonchev–Trinajstić information content (AvgIpc) is 3.46. The Morgan fingerprint density at radius 2 is 1.21 bits per heavy atom. The van der Waals surface area contributed by atoms with Crippen LogP contribution in [0.15, 0.2) is 30.5 Å². The van der Waals surface area contributed by atoms with E-state index < -0.39 is 11.9 Å².